The molecule has 0 radical (unpaired) electrons. The molecule has 4 rings (SSSR count). The van der Waals surface area contributed by atoms with E-state index in [-0.39, 0.29) is 5.91 Å². The van der Waals surface area contributed by atoms with E-state index in [1.165, 1.54) is 0 Å². The molecule has 0 saturated carbocycles. The van der Waals surface area contributed by atoms with Crippen molar-refractivity contribution >= 4 is 16.9 Å². The van der Waals surface area contributed by atoms with Crippen LogP contribution in [-0.4, -0.2) is 22.1 Å². The van der Waals surface area contributed by atoms with Crippen molar-refractivity contribution in [3.8, 4) is 5.75 Å². The second-order valence-electron chi connectivity index (χ2n) is 7.67. The molecule has 32 heavy (non-hydrogen) atoms. The molecule has 0 aliphatic heterocycles. The summed E-state index contributed by atoms with van der Waals surface area (Å²) < 4.78 is 8.20. The maximum Gasteiger partial charge on any atom is 0.251 e. The summed E-state index contributed by atoms with van der Waals surface area (Å²) >= 11 is 0. The van der Waals surface area contributed by atoms with Crippen LogP contribution in [0.4, 0.5) is 0 Å². The van der Waals surface area contributed by atoms with Crippen molar-refractivity contribution in [2.45, 2.75) is 26.4 Å². The lowest BCUT2D eigenvalue weighted by Gasteiger charge is -2.13. The summed E-state index contributed by atoms with van der Waals surface area (Å²) in [6, 6.07) is 23.5. The van der Waals surface area contributed by atoms with Gasteiger partial charge in [0.2, 0.25) is 0 Å². The molecule has 162 valence electrons. The number of nitrogens with one attached hydrogen (secondary N) is 1. The molecule has 0 unspecified atom stereocenters. The highest BCUT2D eigenvalue weighted by atomic mass is 16.5. The summed E-state index contributed by atoms with van der Waals surface area (Å²) in [5.41, 5.74) is 4.80. The fourth-order valence-electron chi connectivity index (χ4n) is 3.69. The Bertz CT molecular complexity index is 1230. The van der Waals surface area contributed by atoms with Gasteiger partial charge in [0.25, 0.3) is 5.91 Å². The zero-order valence-corrected chi connectivity index (χ0v) is 18.3. The minimum absolute atomic E-state index is 0.113. The number of para-hydroxylation sites is 3. The van der Waals surface area contributed by atoms with Gasteiger partial charge in [-0.3, -0.25) is 4.79 Å². The predicted molar refractivity (Wildman–Crippen MR) is 128 cm³/mol. The average Bonchev–Trinajstić information content (AvgIpc) is 3.17. The van der Waals surface area contributed by atoms with E-state index in [9.17, 15) is 4.79 Å². The highest BCUT2D eigenvalue weighted by Gasteiger charge is 2.13. The van der Waals surface area contributed by atoms with E-state index in [4.69, 9.17) is 9.72 Å². The molecular formula is C27H27N3O2. The number of imidazole rings is 1. The molecule has 0 fully saturated rings. The van der Waals surface area contributed by atoms with Gasteiger partial charge in [0.15, 0.2) is 0 Å². The van der Waals surface area contributed by atoms with E-state index in [2.05, 4.69) is 22.5 Å². The third-order valence-corrected chi connectivity index (χ3v) is 5.36. The van der Waals surface area contributed by atoms with Crippen LogP contribution in [0.5, 0.6) is 5.75 Å². The molecule has 0 spiro atoms. The monoisotopic (exact) mass is 425 g/mol. The molecule has 5 nitrogen and oxygen atoms in total. The van der Waals surface area contributed by atoms with Gasteiger partial charge in [-0.05, 0) is 49.2 Å². The van der Waals surface area contributed by atoms with Gasteiger partial charge in [0, 0.05) is 5.56 Å². The van der Waals surface area contributed by atoms with E-state index in [1.807, 2.05) is 79.7 Å². The van der Waals surface area contributed by atoms with Crippen LogP contribution in [0, 0.1) is 6.92 Å². The first-order valence-electron chi connectivity index (χ1n) is 10.8. The molecule has 3 aromatic carbocycles. The minimum atomic E-state index is -0.113. The molecule has 1 N–H and O–H groups in total. The van der Waals surface area contributed by atoms with Gasteiger partial charge < -0.3 is 14.6 Å². The summed E-state index contributed by atoms with van der Waals surface area (Å²) in [7, 11) is 0. The number of aryl methyl sites for hydroxylation is 1. The summed E-state index contributed by atoms with van der Waals surface area (Å²) in [5.74, 6) is 1.55. The van der Waals surface area contributed by atoms with E-state index in [1.54, 1.807) is 0 Å². The third kappa shape index (κ3) is 4.89. The van der Waals surface area contributed by atoms with E-state index >= 15 is 0 Å². The van der Waals surface area contributed by atoms with E-state index < -0.39 is 0 Å². The molecule has 1 heterocycles. The number of ether oxygens (including phenoxy) is 1. The topological polar surface area (TPSA) is 56.1 Å². The quantitative estimate of drug-likeness (QED) is 0.380. The fourth-order valence-corrected chi connectivity index (χ4v) is 3.69. The molecule has 0 atom stereocenters. The first-order valence-corrected chi connectivity index (χ1v) is 10.8. The van der Waals surface area contributed by atoms with Crippen LogP contribution in [0.3, 0.4) is 0 Å². The second kappa shape index (κ2) is 9.96. The first kappa shape index (κ1) is 21.4. The van der Waals surface area contributed by atoms with Crippen molar-refractivity contribution in [3.63, 3.8) is 0 Å². The molecule has 5 heteroatoms. The van der Waals surface area contributed by atoms with Crippen LogP contribution in [-0.2, 0) is 19.5 Å². The number of nitrogens with zero attached hydrogens (tertiary/aromatic N) is 2. The standard InChI is InChI=1S/C27H27N3O2/c1-3-8-21-9-4-7-12-25(21)32-18-17-30-24-11-6-5-10-23(24)29-26(30)19-28-27(31)22-15-13-20(2)14-16-22/h3-7,9-16H,1,8,17-19H2,2H3,(H,28,31). The van der Waals surface area contributed by atoms with Crippen molar-refractivity contribution in [1.29, 1.82) is 0 Å². The Labute approximate surface area is 188 Å². The van der Waals surface area contributed by atoms with Gasteiger partial charge in [-0.15, -0.1) is 6.58 Å². The minimum Gasteiger partial charge on any atom is -0.491 e. The molecule has 0 aliphatic carbocycles. The van der Waals surface area contributed by atoms with Crippen LogP contribution < -0.4 is 10.1 Å². The van der Waals surface area contributed by atoms with Crippen molar-refractivity contribution < 1.29 is 9.53 Å². The number of allylic oxidation sites excluding steroid dienone is 1. The number of amides is 1. The number of benzene rings is 3. The number of fused-ring (bicyclic) bond motifs is 1. The second-order valence-corrected chi connectivity index (χ2v) is 7.67. The van der Waals surface area contributed by atoms with Gasteiger partial charge >= 0.3 is 0 Å². The van der Waals surface area contributed by atoms with Crippen LogP contribution >= 0.6 is 0 Å². The predicted octanol–water partition coefficient (Wildman–Crippen LogP) is 5.08. The summed E-state index contributed by atoms with van der Waals surface area (Å²) in [6.45, 7) is 7.28. The van der Waals surface area contributed by atoms with Crippen molar-refractivity contribution in [3.05, 3.63) is 108 Å². The first-order chi connectivity index (χ1) is 15.7. The Balaban J connectivity index is 1.48. The van der Waals surface area contributed by atoms with Gasteiger partial charge in [-0.1, -0.05) is 54.1 Å². The molecule has 1 amide bonds. The van der Waals surface area contributed by atoms with Gasteiger partial charge in [0.05, 0.1) is 24.1 Å². The maximum atomic E-state index is 12.6. The van der Waals surface area contributed by atoms with E-state index in [0.717, 1.165) is 40.2 Å². The summed E-state index contributed by atoms with van der Waals surface area (Å²) in [6.07, 6.45) is 2.64. The number of hydrogen-bond acceptors (Lipinski definition) is 3. The van der Waals surface area contributed by atoms with Crippen LogP contribution in [0.1, 0.15) is 27.3 Å². The Hall–Kier alpha value is -3.86. The summed E-state index contributed by atoms with van der Waals surface area (Å²) in [4.78, 5) is 17.3. The van der Waals surface area contributed by atoms with Crippen molar-refractivity contribution in [2.24, 2.45) is 0 Å². The Kier molecular flexibility index (Phi) is 6.66. The number of rotatable bonds is 9. The molecular weight excluding hydrogens is 398 g/mol. The lowest BCUT2D eigenvalue weighted by Crippen LogP contribution is -2.25. The number of carbonyl (C=O) groups is 1. The van der Waals surface area contributed by atoms with Crippen molar-refractivity contribution in [2.75, 3.05) is 6.61 Å². The highest BCUT2D eigenvalue weighted by molar-refractivity contribution is 5.94. The average molecular weight is 426 g/mol. The molecule has 0 saturated heterocycles. The lowest BCUT2D eigenvalue weighted by molar-refractivity contribution is 0.0949. The van der Waals surface area contributed by atoms with Crippen LogP contribution in [0.2, 0.25) is 0 Å². The molecule has 1 aromatic heterocycles. The Morgan fingerprint density at radius 1 is 1.06 bits per heavy atom. The third-order valence-electron chi connectivity index (χ3n) is 5.36. The Morgan fingerprint density at radius 2 is 1.81 bits per heavy atom. The SMILES string of the molecule is C=CCc1ccccc1OCCn1c(CNC(=O)c2ccc(C)cc2)nc2ccccc21. The van der Waals surface area contributed by atoms with Gasteiger partial charge in [-0.2, -0.15) is 0 Å². The number of aromatic nitrogens is 2. The largest absolute Gasteiger partial charge is 0.491 e. The highest BCUT2D eigenvalue weighted by Crippen LogP contribution is 2.20. The Morgan fingerprint density at radius 3 is 2.62 bits per heavy atom. The lowest BCUT2D eigenvalue weighted by atomic mass is 10.1. The normalized spacial score (nSPS) is 10.8. The van der Waals surface area contributed by atoms with E-state index in [0.29, 0.717) is 25.3 Å². The fraction of sp³-hybridized carbons (Fsp3) is 0.185. The summed E-state index contributed by atoms with van der Waals surface area (Å²) in [5, 5.41) is 3.00. The molecule has 4 aromatic rings. The molecule has 0 aliphatic rings. The maximum absolute atomic E-state index is 12.6. The van der Waals surface area contributed by atoms with Crippen molar-refractivity contribution in [1.82, 2.24) is 14.9 Å². The molecule has 0 bridgehead atoms. The zero-order valence-electron chi connectivity index (χ0n) is 18.3. The van der Waals surface area contributed by atoms with Gasteiger partial charge in [0.1, 0.15) is 18.2 Å². The van der Waals surface area contributed by atoms with Crippen LogP contribution in [0.15, 0.2) is 85.5 Å². The smallest absolute Gasteiger partial charge is 0.251 e. The zero-order chi connectivity index (χ0) is 22.3. The number of hydrogen-bond donors (Lipinski definition) is 1. The number of carbonyl (C=O) groups excluding carboxylic acids is 1. The van der Waals surface area contributed by atoms with Crippen LogP contribution in [0.25, 0.3) is 11.0 Å². The van der Waals surface area contributed by atoms with Gasteiger partial charge in [-0.25, -0.2) is 4.98 Å².